The second kappa shape index (κ2) is 11.2. The summed E-state index contributed by atoms with van der Waals surface area (Å²) in [5.41, 5.74) is 2.48. The van der Waals surface area contributed by atoms with Crippen LogP contribution in [0.25, 0.3) is 0 Å². The summed E-state index contributed by atoms with van der Waals surface area (Å²) < 4.78 is 11.5. The van der Waals surface area contributed by atoms with Gasteiger partial charge in [-0.25, -0.2) is 4.98 Å². The number of hydrogen-bond acceptors (Lipinski definition) is 7. The van der Waals surface area contributed by atoms with Gasteiger partial charge in [0.1, 0.15) is 16.5 Å². The highest BCUT2D eigenvalue weighted by atomic mass is 35.5. The van der Waals surface area contributed by atoms with Crippen LogP contribution in [0.1, 0.15) is 13.3 Å². The maximum Gasteiger partial charge on any atom is 0.243 e. The van der Waals surface area contributed by atoms with Crippen LogP contribution in [0.5, 0.6) is 17.4 Å². The van der Waals surface area contributed by atoms with E-state index in [-0.39, 0.29) is 16.8 Å². The number of piperazine rings is 1. The van der Waals surface area contributed by atoms with Crippen LogP contribution < -0.4 is 29.9 Å². The number of anilines is 4. The number of rotatable bonds is 8. The molecule has 1 aliphatic heterocycles. The van der Waals surface area contributed by atoms with Crippen molar-refractivity contribution < 1.29 is 19.2 Å². The molecule has 0 unspecified atom stereocenters. The molecular formula is C25H30ClN6O3+. The lowest BCUT2D eigenvalue weighted by atomic mass is 10.2. The molecular weight excluding hydrogens is 468 g/mol. The molecule has 10 heteroatoms. The van der Waals surface area contributed by atoms with Gasteiger partial charge in [0.2, 0.25) is 17.7 Å². The fourth-order valence-corrected chi connectivity index (χ4v) is 3.86. The van der Waals surface area contributed by atoms with Crippen LogP contribution in [0, 0.1) is 0 Å². The molecule has 1 fully saturated rings. The Morgan fingerprint density at radius 1 is 1.20 bits per heavy atom. The first-order chi connectivity index (χ1) is 16.9. The Morgan fingerprint density at radius 2 is 2.00 bits per heavy atom. The predicted octanol–water partition coefficient (Wildman–Crippen LogP) is 3.36. The van der Waals surface area contributed by atoms with E-state index in [9.17, 15) is 4.79 Å². The van der Waals surface area contributed by atoms with Gasteiger partial charge in [-0.2, -0.15) is 4.98 Å². The standard InChI is InChI=1S/C25H29ClN6O3/c1-4-23(33)28-17-6-5-7-19(14-17)35-24-20(26)16-27-25(30-24)29-21-9-8-18(15-22(21)34-3)32-12-10-31(2)11-13-32/h5-9,14-16H,4,10-13H2,1-3H3,(H,28,33)(H,27,29,30)/p+1. The molecule has 1 saturated heterocycles. The van der Waals surface area contributed by atoms with Gasteiger partial charge in [0.15, 0.2) is 0 Å². The number of carbonyl (C=O) groups is 1. The molecule has 4 rings (SSSR count). The van der Waals surface area contributed by atoms with Gasteiger partial charge in [-0.1, -0.05) is 24.6 Å². The van der Waals surface area contributed by atoms with E-state index in [2.05, 4.69) is 38.6 Å². The van der Waals surface area contributed by atoms with Crippen LogP contribution in [-0.2, 0) is 4.79 Å². The minimum absolute atomic E-state index is 0.0811. The summed E-state index contributed by atoms with van der Waals surface area (Å²) in [6.07, 6.45) is 1.86. The highest BCUT2D eigenvalue weighted by Gasteiger charge is 2.18. The molecule has 0 spiro atoms. The Bertz CT molecular complexity index is 1180. The van der Waals surface area contributed by atoms with Crippen molar-refractivity contribution in [1.82, 2.24) is 9.97 Å². The highest BCUT2D eigenvalue weighted by Crippen LogP contribution is 2.33. The van der Waals surface area contributed by atoms with E-state index >= 15 is 0 Å². The zero-order chi connectivity index (χ0) is 24.8. The average molecular weight is 498 g/mol. The molecule has 2 aromatic carbocycles. The van der Waals surface area contributed by atoms with Crippen LogP contribution in [-0.4, -0.2) is 56.2 Å². The van der Waals surface area contributed by atoms with Gasteiger partial charge in [0.25, 0.3) is 0 Å². The minimum Gasteiger partial charge on any atom is -0.494 e. The quantitative estimate of drug-likeness (QED) is 0.439. The van der Waals surface area contributed by atoms with Crippen LogP contribution in [0.2, 0.25) is 5.02 Å². The lowest BCUT2D eigenvalue weighted by Gasteiger charge is -2.32. The van der Waals surface area contributed by atoms with E-state index in [4.69, 9.17) is 21.1 Å². The maximum absolute atomic E-state index is 11.7. The van der Waals surface area contributed by atoms with Crippen LogP contribution >= 0.6 is 11.6 Å². The molecule has 1 aliphatic rings. The lowest BCUT2D eigenvalue weighted by molar-refractivity contribution is -0.880. The Morgan fingerprint density at radius 3 is 2.74 bits per heavy atom. The summed E-state index contributed by atoms with van der Waals surface area (Å²) >= 11 is 6.29. The average Bonchev–Trinajstić information content (AvgIpc) is 2.87. The number of likely N-dealkylation sites (N-methyl/N-ethyl adjacent to an activating group) is 1. The zero-order valence-corrected chi connectivity index (χ0v) is 20.9. The van der Waals surface area contributed by atoms with Gasteiger partial charge in [-0.3, -0.25) is 4.79 Å². The van der Waals surface area contributed by atoms with E-state index in [1.807, 2.05) is 12.1 Å². The van der Waals surface area contributed by atoms with E-state index in [0.717, 1.165) is 37.6 Å². The topological polar surface area (TPSA) is 93.0 Å². The van der Waals surface area contributed by atoms with Crippen molar-refractivity contribution in [3.05, 3.63) is 53.7 Å². The van der Waals surface area contributed by atoms with Gasteiger partial charge in [0, 0.05) is 29.9 Å². The summed E-state index contributed by atoms with van der Waals surface area (Å²) in [5.74, 6) is 1.60. The normalized spacial score (nSPS) is 13.9. The smallest absolute Gasteiger partial charge is 0.243 e. The number of hydrogen-bond donors (Lipinski definition) is 3. The van der Waals surface area contributed by atoms with Crippen molar-refractivity contribution >= 4 is 40.5 Å². The Hall–Kier alpha value is -3.56. The SMILES string of the molecule is CCC(=O)Nc1cccc(Oc2nc(Nc3ccc(N4CC[NH+](C)CC4)cc3OC)ncc2Cl)c1. The molecule has 0 bridgehead atoms. The number of methoxy groups -OCH3 is 1. The molecule has 2 heterocycles. The highest BCUT2D eigenvalue weighted by molar-refractivity contribution is 6.31. The molecule has 0 radical (unpaired) electrons. The number of nitrogens with one attached hydrogen (secondary N) is 3. The molecule has 1 aromatic heterocycles. The van der Waals surface area contributed by atoms with Crippen molar-refractivity contribution in [3.8, 4) is 17.4 Å². The van der Waals surface area contributed by atoms with Gasteiger partial charge in [0.05, 0.1) is 52.2 Å². The Labute approximate surface area is 210 Å². The third-order valence-corrected chi connectivity index (χ3v) is 6.04. The second-order valence-corrected chi connectivity index (χ2v) is 8.74. The lowest BCUT2D eigenvalue weighted by Crippen LogP contribution is -3.12. The summed E-state index contributed by atoms with van der Waals surface area (Å²) in [6, 6.07) is 13.1. The van der Waals surface area contributed by atoms with Gasteiger partial charge in [-0.15, -0.1) is 0 Å². The van der Waals surface area contributed by atoms with Crippen molar-refractivity contribution in [2.24, 2.45) is 0 Å². The molecule has 35 heavy (non-hydrogen) atoms. The Balaban J connectivity index is 1.50. The third kappa shape index (κ3) is 6.32. The van der Waals surface area contributed by atoms with Crippen molar-refractivity contribution in [1.29, 1.82) is 0 Å². The van der Waals surface area contributed by atoms with E-state index in [0.29, 0.717) is 29.6 Å². The molecule has 0 aliphatic carbocycles. The first-order valence-electron chi connectivity index (χ1n) is 11.6. The molecule has 0 saturated carbocycles. The van der Waals surface area contributed by atoms with Crippen molar-refractivity contribution in [2.45, 2.75) is 13.3 Å². The first-order valence-corrected chi connectivity index (χ1v) is 11.9. The fraction of sp³-hybridized carbons (Fsp3) is 0.320. The Kier molecular flexibility index (Phi) is 7.89. The summed E-state index contributed by atoms with van der Waals surface area (Å²) in [7, 11) is 3.86. The molecule has 184 valence electrons. The number of quaternary nitrogens is 1. The summed E-state index contributed by atoms with van der Waals surface area (Å²) in [5, 5.41) is 6.26. The van der Waals surface area contributed by atoms with Crippen LogP contribution in [0.3, 0.4) is 0 Å². The zero-order valence-electron chi connectivity index (χ0n) is 20.1. The maximum atomic E-state index is 11.7. The van der Waals surface area contributed by atoms with Crippen molar-refractivity contribution in [2.75, 3.05) is 55.9 Å². The number of aromatic nitrogens is 2. The van der Waals surface area contributed by atoms with Crippen LogP contribution in [0.15, 0.2) is 48.7 Å². The number of amides is 1. The number of nitrogens with zero attached hydrogens (tertiary/aromatic N) is 3. The number of benzene rings is 2. The second-order valence-electron chi connectivity index (χ2n) is 8.33. The van der Waals surface area contributed by atoms with E-state index in [1.165, 1.54) is 6.20 Å². The van der Waals surface area contributed by atoms with E-state index < -0.39 is 0 Å². The fourth-order valence-electron chi connectivity index (χ4n) is 3.73. The van der Waals surface area contributed by atoms with E-state index in [1.54, 1.807) is 43.2 Å². The van der Waals surface area contributed by atoms with Crippen molar-refractivity contribution in [3.63, 3.8) is 0 Å². The number of halogens is 1. The molecule has 9 nitrogen and oxygen atoms in total. The number of ether oxygens (including phenoxy) is 2. The first kappa shape index (κ1) is 24.6. The molecule has 0 atom stereocenters. The largest absolute Gasteiger partial charge is 0.494 e. The molecule has 3 aromatic rings. The molecule has 1 amide bonds. The minimum atomic E-state index is -0.0811. The molecule has 3 N–H and O–H groups in total. The summed E-state index contributed by atoms with van der Waals surface area (Å²) in [4.78, 5) is 24.3. The third-order valence-electron chi connectivity index (χ3n) is 5.78. The van der Waals surface area contributed by atoms with Gasteiger partial charge < -0.3 is 29.9 Å². The number of carbonyl (C=O) groups excluding carboxylic acids is 1. The van der Waals surface area contributed by atoms with Gasteiger partial charge >= 0.3 is 0 Å². The predicted molar refractivity (Wildman–Crippen MR) is 138 cm³/mol. The monoisotopic (exact) mass is 497 g/mol. The van der Waals surface area contributed by atoms with Crippen LogP contribution in [0.4, 0.5) is 23.0 Å². The summed E-state index contributed by atoms with van der Waals surface area (Å²) in [6.45, 7) is 6.02. The van der Waals surface area contributed by atoms with Gasteiger partial charge in [-0.05, 0) is 24.3 Å².